The van der Waals surface area contributed by atoms with E-state index in [1.807, 2.05) is 30.3 Å². The van der Waals surface area contributed by atoms with E-state index in [1.165, 1.54) is 18.4 Å². The average Bonchev–Trinajstić information content (AvgIpc) is 3.25. The van der Waals surface area contributed by atoms with E-state index < -0.39 is 12.0 Å². The molecule has 162 valence electrons. The molecule has 3 rings (SSSR count). The normalized spacial score (nSPS) is 22.4. The standard InChI is InChI=1S/C21H29N5O4/c1-26(29-2)21(28)19(30-12-13-6-4-3-5-7-13)15-9-8-14(10-17(15)22)18-16(20(23)27)11-24-25-18/h3-7,11,14-15,17,19H,8-10,12,22H2,1-2H3,(H2,23,27)(H,24,25). The number of aromatic nitrogens is 2. The van der Waals surface area contributed by atoms with Crippen LogP contribution in [0.25, 0.3) is 0 Å². The number of amides is 2. The van der Waals surface area contributed by atoms with Crippen LogP contribution in [0, 0.1) is 5.92 Å². The monoisotopic (exact) mass is 415 g/mol. The van der Waals surface area contributed by atoms with Crippen molar-refractivity contribution in [1.29, 1.82) is 0 Å². The van der Waals surface area contributed by atoms with Gasteiger partial charge in [0.1, 0.15) is 6.10 Å². The molecule has 4 unspecified atom stereocenters. The second-order valence-electron chi connectivity index (χ2n) is 7.63. The molecule has 1 heterocycles. The minimum absolute atomic E-state index is 0.0197. The van der Waals surface area contributed by atoms with Gasteiger partial charge < -0.3 is 16.2 Å². The van der Waals surface area contributed by atoms with Gasteiger partial charge >= 0.3 is 0 Å². The van der Waals surface area contributed by atoms with E-state index in [9.17, 15) is 9.59 Å². The molecule has 0 spiro atoms. The number of hydrogen-bond acceptors (Lipinski definition) is 6. The lowest BCUT2D eigenvalue weighted by molar-refractivity contribution is -0.186. The van der Waals surface area contributed by atoms with Crippen molar-refractivity contribution >= 4 is 11.8 Å². The zero-order valence-corrected chi connectivity index (χ0v) is 17.3. The maximum Gasteiger partial charge on any atom is 0.275 e. The van der Waals surface area contributed by atoms with Gasteiger partial charge in [-0.1, -0.05) is 30.3 Å². The van der Waals surface area contributed by atoms with Gasteiger partial charge in [0.25, 0.3) is 11.8 Å². The van der Waals surface area contributed by atoms with Gasteiger partial charge in [0.2, 0.25) is 0 Å². The third kappa shape index (κ3) is 4.86. The number of rotatable bonds is 8. The maximum absolute atomic E-state index is 12.9. The second-order valence-corrected chi connectivity index (χ2v) is 7.63. The maximum atomic E-state index is 12.9. The molecule has 4 atom stereocenters. The van der Waals surface area contributed by atoms with Crippen LogP contribution in [-0.4, -0.2) is 53.4 Å². The molecule has 1 aromatic carbocycles. The molecule has 2 amide bonds. The highest BCUT2D eigenvalue weighted by Crippen LogP contribution is 2.38. The highest BCUT2D eigenvalue weighted by Gasteiger charge is 2.40. The molecule has 0 saturated heterocycles. The first kappa shape index (κ1) is 21.9. The topological polar surface area (TPSA) is 137 Å². The Labute approximate surface area is 175 Å². The fourth-order valence-electron chi connectivity index (χ4n) is 4.08. The Morgan fingerprint density at radius 3 is 2.67 bits per heavy atom. The number of H-pyrrole nitrogens is 1. The number of nitrogens with one attached hydrogen (secondary N) is 1. The van der Waals surface area contributed by atoms with Crippen molar-refractivity contribution in [3.05, 3.63) is 53.3 Å². The van der Waals surface area contributed by atoms with Crippen LogP contribution in [0.4, 0.5) is 0 Å². The van der Waals surface area contributed by atoms with Gasteiger partial charge in [-0.3, -0.25) is 19.5 Å². The SMILES string of the molecule is CON(C)C(=O)C(OCc1ccccc1)C1CCC(c2[nH]ncc2C(N)=O)CC1N. The quantitative estimate of drug-likeness (QED) is 0.556. The van der Waals surface area contributed by atoms with Gasteiger partial charge in [0.05, 0.1) is 31.2 Å². The molecule has 9 heteroatoms. The number of aromatic amines is 1. The number of benzene rings is 1. The van der Waals surface area contributed by atoms with E-state index in [2.05, 4.69) is 10.2 Å². The van der Waals surface area contributed by atoms with Crippen LogP contribution < -0.4 is 11.5 Å². The summed E-state index contributed by atoms with van der Waals surface area (Å²) in [6, 6.07) is 9.37. The van der Waals surface area contributed by atoms with Crippen LogP contribution in [0.15, 0.2) is 36.5 Å². The summed E-state index contributed by atoms with van der Waals surface area (Å²) in [6.45, 7) is 0.299. The highest BCUT2D eigenvalue weighted by molar-refractivity contribution is 5.93. The van der Waals surface area contributed by atoms with Crippen LogP contribution >= 0.6 is 0 Å². The summed E-state index contributed by atoms with van der Waals surface area (Å²) in [5.41, 5.74) is 14.0. The molecule has 1 saturated carbocycles. The summed E-state index contributed by atoms with van der Waals surface area (Å²) in [5.74, 6) is -0.955. The van der Waals surface area contributed by atoms with Gasteiger partial charge in [0.15, 0.2) is 0 Å². The Balaban J connectivity index is 1.74. The van der Waals surface area contributed by atoms with Crippen LogP contribution in [0.2, 0.25) is 0 Å². The fourth-order valence-corrected chi connectivity index (χ4v) is 4.08. The Hall–Kier alpha value is -2.75. The van der Waals surface area contributed by atoms with E-state index in [0.717, 1.165) is 12.0 Å². The number of carbonyl (C=O) groups is 2. The van der Waals surface area contributed by atoms with E-state index in [-0.39, 0.29) is 23.8 Å². The zero-order chi connectivity index (χ0) is 21.7. The van der Waals surface area contributed by atoms with Crippen LogP contribution in [0.3, 0.4) is 0 Å². The van der Waals surface area contributed by atoms with Crippen molar-refractivity contribution in [2.45, 2.75) is 43.9 Å². The number of nitrogens with two attached hydrogens (primary N) is 2. The summed E-state index contributed by atoms with van der Waals surface area (Å²) >= 11 is 0. The van der Waals surface area contributed by atoms with Crippen LogP contribution in [0.1, 0.15) is 46.8 Å². The smallest absolute Gasteiger partial charge is 0.275 e. The molecule has 1 fully saturated rings. The van der Waals surface area contributed by atoms with Crippen LogP contribution in [0.5, 0.6) is 0 Å². The van der Waals surface area contributed by atoms with E-state index in [1.54, 1.807) is 7.05 Å². The third-order valence-corrected chi connectivity index (χ3v) is 5.79. The number of carbonyl (C=O) groups excluding carboxylic acids is 2. The lowest BCUT2D eigenvalue weighted by Gasteiger charge is -2.38. The molecule has 30 heavy (non-hydrogen) atoms. The Bertz CT molecular complexity index is 856. The van der Waals surface area contributed by atoms with Crippen molar-refractivity contribution in [3.8, 4) is 0 Å². The van der Waals surface area contributed by atoms with Gasteiger partial charge in [-0.05, 0) is 24.8 Å². The first-order valence-corrected chi connectivity index (χ1v) is 9.98. The lowest BCUT2D eigenvalue weighted by Crippen LogP contribution is -2.50. The van der Waals surface area contributed by atoms with Crippen LogP contribution in [-0.2, 0) is 21.0 Å². The third-order valence-electron chi connectivity index (χ3n) is 5.79. The van der Waals surface area contributed by atoms with Crippen molar-refractivity contribution in [3.63, 3.8) is 0 Å². The van der Waals surface area contributed by atoms with Gasteiger partial charge in [-0.2, -0.15) is 5.10 Å². The molecule has 5 N–H and O–H groups in total. The average molecular weight is 415 g/mol. The molecule has 0 bridgehead atoms. The number of nitrogens with zero attached hydrogens (tertiary/aromatic N) is 2. The summed E-state index contributed by atoms with van der Waals surface area (Å²) in [5, 5.41) is 8.02. The van der Waals surface area contributed by atoms with Gasteiger partial charge in [-0.25, -0.2) is 5.06 Å². The number of hydrogen-bond donors (Lipinski definition) is 3. The molecule has 0 aliphatic heterocycles. The molecular formula is C21H29N5O4. The van der Waals surface area contributed by atoms with E-state index in [0.29, 0.717) is 30.7 Å². The second kappa shape index (κ2) is 9.84. The first-order valence-electron chi connectivity index (χ1n) is 9.98. The highest BCUT2D eigenvalue weighted by atomic mass is 16.7. The molecular weight excluding hydrogens is 386 g/mol. The summed E-state index contributed by atoms with van der Waals surface area (Å²) < 4.78 is 6.07. The molecule has 0 radical (unpaired) electrons. The van der Waals surface area contributed by atoms with Crippen molar-refractivity contribution in [1.82, 2.24) is 15.3 Å². The minimum atomic E-state index is -0.733. The number of ether oxygens (including phenoxy) is 1. The Morgan fingerprint density at radius 1 is 1.30 bits per heavy atom. The summed E-state index contributed by atoms with van der Waals surface area (Å²) in [6.07, 6.45) is 2.69. The lowest BCUT2D eigenvalue weighted by atomic mass is 9.74. The van der Waals surface area contributed by atoms with E-state index in [4.69, 9.17) is 21.0 Å². The molecule has 9 nitrogen and oxygen atoms in total. The molecule has 2 aromatic rings. The van der Waals surface area contributed by atoms with Gasteiger partial charge in [-0.15, -0.1) is 0 Å². The summed E-state index contributed by atoms with van der Waals surface area (Å²) in [7, 11) is 2.99. The van der Waals surface area contributed by atoms with Crippen molar-refractivity contribution in [2.24, 2.45) is 17.4 Å². The van der Waals surface area contributed by atoms with Gasteiger partial charge in [0, 0.05) is 24.9 Å². The molecule has 1 aromatic heterocycles. The Kier molecular flexibility index (Phi) is 7.20. The predicted octanol–water partition coefficient (Wildman–Crippen LogP) is 1.32. The number of likely N-dealkylation sites (N-methyl/N-ethyl adjacent to an activating group) is 1. The molecule has 1 aliphatic carbocycles. The predicted molar refractivity (Wildman–Crippen MR) is 110 cm³/mol. The Morgan fingerprint density at radius 2 is 2.03 bits per heavy atom. The van der Waals surface area contributed by atoms with Crippen molar-refractivity contribution < 1.29 is 19.2 Å². The summed E-state index contributed by atoms with van der Waals surface area (Å²) in [4.78, 5) is 29.7. The first-order chi connectivity index (χ1) is 14.4. The fraction of sp³-hybridized carbons (Fsp3) is 0.476. The van der Waals surface area contributed by atoms with Crippen molar-refractivity contribution in [2.75, 3.05) is 14.2 Å². The minimum Gasteiger partial charge on any atom is -0.365 e. The van der Waals surface area contributed by atoms with E-state index >= 15 is 0 Å². The largest absolute Gasteiger partial charge is 0.365 e. The molecule has 1 aliphatic rings. The number of hydroxylamine groups is 2. The number of primary amides is 1. The zero-order valence-electron chi connectivity index (χ0n) is 17.3.